The number of amides is 1. The van der Waals surface area contributed by atoms with Crippen molar-refractivity contribution in [1.82, 2.24) is 0 Å². The summed E-state index contributed by atoms with van der Waals surface area (Å²) in [4.78, 5) is 22.7. The number of rotatable bonds is 6. The Labute approximate surface area is 167 Å². The molecule has 1 amide bonds. The van der Waals surface area contributed by atoms with Crippen molar-refractivity contribution in [3.05, 3.63) is 66.7 Å². The molecule has 3 aromatic carbocycles. The Bertz CT molecular complexity index is 1140. The van der Waals surface area contributed by atoms with Gasteiger partial charge in [-0.1, -0.05) is 30.3 Å². The van der Waals surface area contributed by atoms with Gasteiger partial charge in [-0.3, -0.25) is 13.9 Å². The molecule has 0 unspecified atom stereocenters. The second-order valence-corrected chi connectivity index (χ2v) is 8.39. The Hall–Kier alpha value is -2.90. The number of benzene rings is 3. The summed E-state index contributed by atoms with van der Waals surface area (Å²) < 4.78 is 27.3. The van der Waals surface area contributed by atoms with E-state index in [4.69, 9.17) is 11.6 Å². The van der Waals surface area contributed by atoms with E-state index in [9.17, 15) is 18.0 Å². The number of nitrogens with zero attached hydrogens (tertiary/aromatic N) is 1. The van der Waals surface area contributed by atoms with Gasteiger partial charge in [-0.25, -0.2) is 8.42 Å². The lowest BCUT2D eigenvalue weighted by atomic mass is 10.1. The van der Waals surface area contributed by atoms with Crippen LogP contribution in [0, 0.1) is 0 Å². The van der Waals surface area contributed by atoms with Crippen molar-refractivity contribution in [2.45, 2.75) is 11.8 Å². The van der Waals surface area contributed by atoms with Crippen LogP contribution in [0.25, 0.3) is 10.8 Å². The molecule has 0 aliphatic carbocycles. The van der Waals surface area contributed by atoms with Gasteiger partial charge >= 0.3 is 0 Å². The predicted molar refractivity (Wildman–Crippen MR) is 110 cm³/mol. The van der Waals surface area contributed by atoms with Crippen LogP contribution in [0.15, 0.2) is 71.6 Å². The first kappa shape index (κ1) is 19.9. The van der Waals surface area contributed by atoms with Crippen molar-refractivity contribution in [1.29, 1.82) is 0 Å². The Kier molecular flexibility index (Phi) is 5.67. The Morgan fingerprint density at radius 1 is 0.964 bits per heavy atom. The number of hydrogen-bond acceptors (Lipinski definition) is 4. The van der Waals surface area contributed by atoms with Gasteiger partial charge in [-0.2, -0.15) is 0 Å². The van der Waals surface area contributed by atoms with Crippen LogP contribution in [0.1, 0.15) is 6.92 Å². The van der Waals surface area contributed by atoms with Crippen molar-refractivity contribution >= 4 is 54.9 Å². The molecule has 0 bridgehead atoms. The summed E-state index contributed by atoms with van der Waals surface area (Å²) in [6, 6.07) is 18.3. The number of sulfonamides is 1. The molecule has 1 N–H and O–H groups in total. The largest absolute Gasteiger partial charge is 0.326 e. The van der Waals surface area contributed by atoms with Crippen LogP contribution in [-0.2, 0) is 19.6 Å². The first-order valence-corrected chi connectivity index (χ1v) is 10.2. The molecule has 0 atom stereocenters. The number of fused-ring (bicyclic) bond motifs is 1. The van der Waals surface area contributed by atoms with Gasteiger partial charge in [-0.05, 0) is 58.8 Å². The van der Waals surface area contributed by atoms with E-state index in [1.807, 2.05) is 24.3 Å². The number of carbonyl (C=O) groups excluding carboxylic acids is 2. The molecule has 144 valence electrons. The number of hydrogen-bond donors (Lipinski definition) is 1. The van der Waals surface area contributed by atoms with Gasteiger partial charge in [0.05, 0.1) is 10.6 Å². The van der Waals surface area contributed by atoms with Gasteiger partial charge in [0, 0.05) is 12.6 Å². The van der Waals surface area contributed by atoms with Crippen LogP contribution < -0.4 is 9.62 Å². The zero-order chi connectivity index (χ0) is 20.3. The second-order valence-electron chi connectivity index (χ2n) is 6.10. The monoisotopic (exact) mass is 416 g/mol. The lowest BCUT2D eigenvalue weighted by Crippen LogP contribution is -2.34. The van der Waals surface area contributed by atoms with Gasteiger partial charge in [-0.15, -0.1) is 0 Å². The third-order valence-corrected chi connectivity index (χ3v) is 5.96. The standard InChI is InChI=1S/C20H17ClN2O4S/c1-14(24)22-17-7-10-19(11-8-17)28(26,27)23(13-20(21)25)18-9-6-15-4-2-3-5-16(15)12-18/h2-12H,13H2,1H3,(H,22,24). The second kappa shape index (κ2) is 8.00. The van der Waals surface area contributed by atoms with Crippen molar-refractivity contribution in [3.8, 4) is 0 Å². The van der Waals surface area contributed by atoms with E-state index >= 15 is 0 Å². The number of anilines is 2. The molecule has 0 saturated heterocycles. The molecular formula is C20H17ClN2O4S. The fourth-order valence-electron chi connectivity index (χ4n) is 2.80. The van der Waals surface area contributed by atoms with E-state index in [0.29, 0.717) is 11.4 Å². The average Bonchev–Trinajstić information content (AvgIpc) is 2.65. The van der Waals surface area contributed by atoms with Crippen molar-refractivity contribution in [2.24, 2.45) is 0 Å². The van der Waals surface area contributed by atoms with Gasteiger partial charge in [0.25, 0.3) is 10.0 Å². The minimum atomic E-state index is -4.05. The van der Waals surface area contributed by atoms with Crippen LogP contribution >= 0.6 is 11.6 Å². The molecule has 28 heavy (non-hydrogen) atoms. The van der Waals surface area contributed by atoms with Crippen molar-refractivity contribution < 1.29 is 18.0 Å². The lowest BCUT2D eigenvalue weighted by molar-refractivity contribution is -0.114. The van der Waals surface area contributed by atoms with Crippen LogP contribution in [-0.4, -0.2) is 26.1 Å². The van der Waals surface area contributed by atoms with E-state index in [2.05, 4.69) is 5.32 Å². The van der Waals surface area contributed by atoms with E-state index in [0.717, 1.165) is 15.1 Å². The molecule has 3 aromatic rings. The molecule has 0 radical (unpaired) electrons. The molecule has 0 saturated carbocycles. The fourth-order valence-corrected chi connectivity index (χ4v) is 4.40. The maximum Gasteiger partial charge on any atom is 0.264 e. The summed E-state index contributed by atoms with van der Waals surface area (Å²) in [6.45, 7) is 0.855. The fraction of sp³-hybridized carbons (Fsp3) is 0.100. The number of halogens is 1. The summed E-state index contributed by atoms with van der Waals surface area (Å²) >= 11 is 5.52. The Morgan fingerprint density at radius 3 is 2.21 bits per heavy atom. The first-order valence-electron chi connectivity index (χ1n) is 8.35. The molecule has 0 aromatic heterocycles. The average molecular weight is 417 g/mol. The number of carbonyl (C=O) groups is 2. The third-order valence-electron chi connectivity index (χ3n) is 4.05. The minimum absolute atomic E-state index is 0.0207. The quantitative estimate of drug-likeness (QED) is 0.620. The third kappa shape index (κ3) is 4.32. The Balaban J connectivity index is 2.04. The number of nitrogens with one attached hydrogen (secondary N) is 1. The van der Waals surface area contributed by atoms with E-state index in [1.165, 1.54) is 31.2 Å². The normalized spacial score (nSPS) is 11.2. The molecule has 0 fully saturated rings. The summed E-state index contributed by atoms with van der Waals surface area (Å²) in [6.07, 6.45) is 0. The first-order chi connectivity index (χ1) is 13.3. The highest BCUT2D eigenvalue weighted by Gasteiger charge is 2.27. The summed E-state index contributed by atoms with van der Waals surface area (Å²) in [7, 11) is -4.05. The van der Waals surface area contributed by atoms with Crippen LogP contribution in [0.5, 0.6) is 0 Å². The van der Waals surface area contributed by atoms with Gasteiger partial charge in [0.2, 0.25) is 11.1 Å². The molecule has 6 nitrogen and oxygen atoms in total. The SMILES string of the molecule is CC(=O)Nc1ccc(S(=O)(=O)N(CC(=O)Cl)c2ccc3ccccc3c2)cc1. The molecule has 0 aliphatic rings. The topological polar surface area (TPSA) is 83.6 Å². The summed E-state index contributed by atoms with van der Waals surface area (Å²) in [5.41, 5.74) is 0.802. The Morgan fingerprint density at radius 2 is 1.61 bits per heavy atom. The van der Waals surface area contributed by atoms with E-state index in [1.54, 1.807) is 18.2 Å². The van der Waals surface area contributed by atoms with Crippen LogP contribution in [0.4, 0.5) is 11.4 Å². The highest BCUT2D eigenvalue weighted by atomic mass is 35.5. The van der Waals surface area contributed by atoms with Gasteiger partial charge in [0.15, 0.2) is 0 Å². The van der Waals surface area contributed by atoms with Crippen LogP contribution in [0.3, 0.4) is 0 Å². The molecule has 0 spiro atoms. The van der Waals surface area contributed by atoms with E-state index in [-0.39, 0.29) is 10.8 Å². The summed E-state index contributed by atoms with van der Waals surface area (Å²) in [5, 5.41) is 3.56. The van der Waals surface area contributed by atoms with Gasteiger partial charge in [0.1, 0.15) is 6.54 Å². The van der Waals surface area contributed by atoms with Gasteiger partial charge < -0.3 is 5.32 Å². The maximum atomic E-state index is 13.2. The zero-order valence-electron chi connectivity index (χ0n) is 14.9. The smallest absolute Gasteiger partial charge is 0.264 e. The maximum absolute atomic E-state index is 13.2. The van der Waals surface area contributed by atoms with Crippen molar-refractivity contribution in [2.75, 3.05) is 16.2 Å². The van der Waals surface area contributed by atoms with Crippen LogP contribution in [0.2, 0.25) is 0 Å². The highest BCUT2D eigenvalue weighted by molar-refractivity contribution is 7.92. The molecule has 3 rings (SSSR count). The molecular weight excluding hydrogens is 400 g/mol. The molecule has 0 aliphatic heterocycles. The van der Waals surface area contributed by atoms with Crippen molar-refractivity contribution in [3.63, 3.8) is 0 Å². The summed E-state index contributed by atoms with van der Waals surface area (Å²) in [5.74, 6) is -0.263. The predicted octanol–water partition coefficient (Wildman–Crippen LogP) is 3.76. The highest BCUT2D eigenvalue weighted by Crippen LogP contribution is 2.28. The lowest BCUT2D eigenvalue weighted by Gasteiger charge is -2.23. The molecule has 8 heteroatoms. The van der Waals surface area contributed by atoms with E-state index < -0.39 is 21.8 Å². The minimum Gasteiger partial charge on any atom is -0.326 e. The molecule has 0 heterocycles. The zero-order valence-corrected chi connectivity index (χ0v) is 16.5.